The van der Waals surface area contributed by atoms with E-state index in [9.17, 15) is 9.59 Å². The molecule has 0 aliphatic carbocycles. The predicted octanol–water partition coefficient (Wildman–Crippen LogP) is 0.140. The fourth-order valence-corrected chi connectivity index (χ4v) is 4.39. The summed E-state index contributed by atoms with van der Waals surface area (Å²) in [6.45, 7) is 1.64. The van der Waals surface area contributed by atoms with E-state index in [4.69, 9.17) is 19.3 Å². The van der Waals surface area contributed by atoms with E-state index in [2.05, 4.69) is 0 Å². The lowest BCUT2D eigenvalue weighted by molar-refractivity contribution is -0.155. The quantitative estimate of drug-likeness (QED) is 0.571. The largest absolute Gasteiger partial charge is 0.469 e. The van der Waals surface area contributed by atoms with Crippen LogP contribution in [0.3, 0.4) is 0 Å². The summed E-state index contributed by atoms with van der Waals surface area (Å²) >= 11 is 1.18. The minimum atomic E-state index is -1.21. The fraction of sp³-hybridized carbons (Fsp3) is 0.692. The van der Waals surface area contributed by atoms with E-state index in [0.29, 0.717) is 5.75 Å². The van der Waals surface area contributed by atoms with Crippen molar-refractivity contribution < 1.29 is 28.9 Å². The van der Waals surface area contributed by atoms with E-state index >= 15 is 0 Å². The summed E-state index contributed by atoms with van der Waals surface area (Å²) < 4.78 is 14.3. The molecular formula is C13H18O6S. The van der Waals surface area contributed by atoms with E-state index in [1.165, 1.54) is 26.0 Å². The van der Waals surface area contributed by atoms with Crippen molar-refractivity contribution in [3.05, 3.63) is 12.2 Å². The molecule has 20 heavy (non-hydrogen) atoms. The number of carbonyl (C=O) groups is 2. The third kappa shape index (κ3) is 1.96. The van der Waals surface area contributed by atoms with Gasteiger partial charge < -0.3 is 19.3 Å². The molecule has 7 heteroatoms. The number of ether oxygens (including phenoxy) is 3. The van der Waals surface area contributed by atoms with Crippen LogP contribution in [0.5, 0.6) is 0 Å². The second-order valence-corrected chi connectivity index (χ2v) is 6.27. The summed E-state index contributed by atoms with van der Waals surface area (Å²) in [6, 6.07) is 0. The zero-order chi connectivity index (χ0) is 15.0. The molecule has 2 aliphatic rings. The first kappa shape index (κ1) is 15.3. The number of fused-ring (bicyclic) bond motifs is 2. The number of esters is 2. The van der Waals surface area contributed by atoms with Crippen molar-refractivity contribution in [3.8, 4) is 0 Å². The van der Waals surface area contributed by atoms with Gasteiger partial charge in [0.05, 0.1) is 26.4 Å². The summed E-state index contributed by atoms with van der Waals surface area (Å²) in [4.78, 5) is 24.5. The van der Waals surface area contributed by atoms with Crippen molar-refractivity contribution in [2.24, 2.45) is 5.92 Å². The molecule has 0 amide bonds. The van der Waals surface area contributed by atoms with Crippen LogP contribution < -0.4 is 0 Å². The molecule has 0 aromatic rings. The second-order valence-electron chi connectivity index (χ2n) is 4.89. The highest BCUT2D eigenvalue weighted by Crippen LogP contribution is 2.56. The van der Waals surface area contributed by atoms with Gasteiger partial charge in [-0.05, 0) is 6.92 Å². The highest BCUT2D eigenvalue weighted by atomic mass is 32.2. The molecule has 2 rings (SSSR count). The molecule has 2 heterocycles. The molecule has 1 fully saturated rings. The number of thioether (sulfide) groups is 1. The summed E-state index contributed by atoms with van der Waals surface area (Å²) in [7, 11) is 2.55. The molecular weight excluding hydrogens is 284 g/mol. The smallest absolute Gasteiger partial charge is 0.326 e. The van der Waals surface area contributed by atoms with E-state index in [0.717, 1.165) is 0 Å². The third-order valence-electron chi connectivity index (χ3n) is 3.78. The molecule has 1 N–H and O–H groups in total. The Morgan fingerprint density at radius 1 is 1.40 bits per heavy atom. The molecule has 0 radical (unpaired) electrons. The van der Waals surface area contributed by atoms with Gasteiger partial charge in [0.15, 0.2) is 4.75 Å². The normalized spacial score (nSPS) is 38.0. The van der Waals surface area contributed by atoms with Gasteiger partial charge >= 0.3 is 11.9 Å². The topological polar surface area (TPSA) is 82.1 Å². The Morgan fingerprint density at radius 2 is 2.10 bits per heavy atom. The van der Waals surface area contributed by atoms with Crippen molar-refractivity contribution in [2.45, 2.75) is 23.4 Å². The van der Waals surface area contributed by atoms with Gasteiger partial charge in [-0.3, -0.25) is 9.59 Å². The first-order valence-electron chi connectivity index (χ1n) is 6.24. The minimum absolute atomic E-state index is 0.107. The summed E-state index contributed by atoms with van der Waals surface area (Å²) in [5.41, 5.74) is -0.894. The van der Waals surface area contributed by atoms with Crippen LogP contribution >= 0.6 is 11.8 Å². The van der Waals surface area contributed by atoms with Crippen molar-refractivity contribution in [2.75, 3.05) is 26.6 Å². The lowest BCUT2D eigenvalue weighted by Crippen LogP contribution is -2.55. The van der Waals surface area contributed by atoms with Gasteiger partial charge in [-0.2, -0.15) is 0 Å². The van der Waals surface area contributed by atoms with Crippen molar-refractivity contribution >= 4 is 23.7 Å². The molecule has 0 unspecified atom stereocenters. The Labute approximate surface area is 121 Å². The number of carbonyl (C=O) groups excluding carboxylic acids is 2. The van der Waals surface area contributed by atoms with Gasteiger partial charge in [0, 0.05) is 5.75 Å². The first-order valence-corrected chi connectivity index (χ1v) is 7.23. The monoisotopic (exact) mass is 302 g/mol. The van der Waals surface area contributed by atoms with E-state index in [1.54, 1.807) is 19.1 Å². The van der Waals surface area contributed by atoms with Crippen LogP contribution in [0, 0.1) is 5.92 Å². The molecule has 0 spiro atoms. The van der Waals surface area contributed by atoms with Gasteiger partial charge in [0.25, 0.3) is 0 Å². The lowest BCUT2D eigenvalue weighted by atomic mass is 9.75. The predicted molar refractivity (Wildman–Crippen MR) is 72.2 cm³/mol. The van der Waals surface area contributed by atoms with Crippen LogP contribution in [0.2, 0.25) is 0 Å². The third-order valence-corrected chi connectivity index (χ3v) is 5.28. The average Bonchev–Trinajstić information content (AvgIpc) is 2.95. The van der Waals surface area contributed by atoms with Crippen LogP contribution in [-0.2, 0) is 23.8 Å². The van der Waals surface area contributed by atoms with Gasteiger partial charge in [-0.1, -0.05) is 12.2 Å². The van der Waals surface area contributed by atoms with Crippen LogP contribution in [0.4, 0.5) is 0 Å². The van der Waals surface area contributed by atoms with Crippen LogP contribution in [0.25, 0.3) is 0 Å². The van der Waals surface area contributed by atoms with Crippen molar-refractivity contribution in [1.29, 1.82) is 0 Å². The first-order chi connectivity index (χ1) is 9.46. The zero-order valence-electron chi connectivity index (χ0n) is 11.6. The standard InChI is InChI=1S/C13H18O6S/c1-12-5-4-8(19-12)13(11(16)18-3,20-7-6-14)9(12)10(15)17-2/h4-5,8-9,14H,6-7H2,1-3H3/t8-,9-,12+,13-/m1/s1. The second kappa shape index (κ2) is 5.38. The Balaban J connectivity index is 2.49. The van der Waals surface area contributed by atoms with E-state index < -0.39 is 34.3 Å². The molecule has 2 bridgehead atoms. The van der Waals surface area contributed by atoms with Crippen LogP contribution in [0.1, 0.15) is 6.92 Å². The lowest BCUT2D eigenvalue weighted by Gasteiger charge is -2.36. The Bertz CT molecular complexity index is 450. The number of methoxy groups -OCH3 is 2. The average molecular weight is 302 g/mol. The fourth-order valence-electron chi connectivity index (χ4n) is 2.97. The maximum Gasteiger partial charge on any atom is 0.326 e. The van der Waals surface area contributed by atoms with Crippen LogP contribution in [0.15, 0.2) is 12.2 Å². The van der Waals surface area contributed by atoms with Crippen molar-refractivity contribution in [1.82, 2.24) is 0 Å². The number of hydrogen-bond donors (Lipinski definition) is 1. The zero-order valence-corrected chi connectivity index (χ0v) is 12.4. The van der Waals surface area contributed by atoms with Gasteiger partial charge in [0.2, 0.25) is 0 Å². The Hall–Kier alpha value is -1.05. The number of aliphatic hydroxyl groups excluding tert-OH is 1. The molecule has 4 atom stereocenters. The number of aliphatic hydroxyl groups is 1. The molecule has 0 aromatic carbocycles. The highest BCUT2D eigenvalue weighted by Gasteiger charge is 2.71. The summed E-state index contributed by atoms with van der Waals surface area (Å²) in [5.74, 6) is -1.56. The van der Waals surface area contributed by atoms with Gasteiger partial charge in [-0.25, -0.2) is 0 Å². The maximum atomic E-state index is 12.4. The van der Waals surface area contributed by atoms with E-state index in [-0.39, 0.29) is 6.61 Å². The molecule has 112 valence electrons. The number of rotatable bonds is 5. The summed E-state index contributed by atoms with van der Waals surface area (Å²) in [6.07, 6.45) is 2.97. The maximum absolute atomic E-state index is 12.4. The molecule has 0 aromatic heterocycles. The van der Waals surface area contributed by atoms with Gasteiger partial charge in [0.1, 0.15) is 12.0 Å². The summed E-state index contributed by atoms with van der Waals surface area (Å²) in [5, 5.41) is 9.06. The Kier molecular flexibility index (Phi) is 4.13. The van der Waals surface area contributed by atoms with Gasteiger partial charge in [-0.15, -0.1) is 11.8 Å². The minimum Gasteiger partial charge on any atom is -0.469 e. The van der Waals surface area contributed by atoms with E-state index in [1.807, 2.05) is 0 Å². The van der Waals surface area contributed by atoms with Crippen LogP contribution in [-0.4, -0.2) is 60.1 Å². The highest BCUT2D eigenvalue weighted by molar-refractivity contribution is 8.01. The molecule has 6 nitrogen and oxygen atoms in total. The SMILES string of the molecule is COC(=O)[C@H]1[C@@](SCCO)(C(=O)OC)[C@H]2C=C[C@]1(C)O2. The van der Waals surface area contributed by atoms with Crippen molar-refractivity contribution in [3.63, 3.8) is 0 Å². The Morgan fingerprint density at radius 3 is 2.65 bits per heavy atom. The molecule has 2 aliphatic heterocycles. The molecule has 1 saturated heterocycles. The molecule has 0 saturated carbocycles. The number of hydrogen-bond acceptors (Lipinski definition) is 7.